The van der Waals surface area contributed by atoms with E-state index in [0.29, 0.717) is 0 Å². The molecule has 86 valence electrons. The van der Waals surface area contributed by atoms with E-state index in [0.717, 1.165) is 10.0 Å². The van der Waals surface area contributed by atoms with Crippen molar-refractivity contribution in [2.75, 3.05) is 0 Å². The Morgan fingerprint density at radius 2 is 1.59 bits per heavy atom. The van der Waals surface area contributed by atoms with Crippen molar-refractivity contribution in [3.63, 3.8) is 0 Å². The Kier molecular flexibility index (Phi) is 3.42. The van der Waals surface area contributed by atoms with Gasteiger partial charge in [-0.3, -0.25) is 0 Å². The molecule has 17 heavy (non-hydrogen) atoms. The van der Waals surface area contributed by atoms with E-state index in [2.05, 4.69) is 83.4 Å². The molecule has 0 spiro atoms. The summed E-state index contributed by atoms with van der Waals surface area (Å²) >= 11 is 3.60. The van der Waals surface area contributed by atoms with Crippen LogP contribution in [0.2, 0.25) is 19.6 Å². The maximum absolute atomic E-state index is 3.60. The van der Waals surface area contributed by atoms with Crippen LogP contribution in [0, 0.1) is 11.5 Å². The number of hydrogen-bond donors (Lipinski definition) is 0. The first-order valence-corrected chi connectivity index (χ1v) is 9.96. The Labute approximate surface area is 112 Å². The van der Waals surface area contributed by atoms with Gasteiger partial charge in [0.25, 0.3) is 0 Å². The number of halogens is 1. The maximum Gasteiger partial charge on any atom is 0.129 e. The minimum absolute atomic E-state index is 1.09. The molecule has 0 fully saturated rings. The van der Waals surface area contributed by atoms with Gasteiger partial charge in [-0.15, -0.1) is 5.54 Å². The average molecular weight is 303 g/mol. The van der Waals surface area contributed by atoms with Crippen molar-refractivity contribution in [1.82, 2.24) is 0 Å². The molecule has 0 nitrogen and oxygen atoms in total. The molecular formula is C15H15BrSi. The summed E-state index contributed by atoms with van der Waals surface area (Å²) in [7, 11) is -1.31. The molecule has 0 amide bonds. The summed E-state index contributed by atoms with van der Waals surface area (Å²) < 4.78 is 1.09. The Bertz CT molecular complexity index is 612. The zero-order chi connectivity index (χ0) is 12.5. The lowest BCUT2D eigenvalue weighted by Crippen LogP contribution is -2.16. The molecule has 0 aliphatic carbocycles. The first kappa shape index (κ1) is 12.4. The molecule has 0 aliphatic heterocycles. The van der Waals surface area contributed by atoms with Crippen molar-refractivity contribution in [2.45, 2.75) is 19.6 Å². The van der Waals surface area contributed by atoms with Crippen molar-refractivity contribution in [1.29, 1.82) is 0 Å². The lowest BCUT2D eigenvalue weighted by Gasteiger charge is -2.05. The van der Waals surface area contributed by atoms with Gasteiger partial charge in [-0.05, 0) is 38.8 Å². The van der Waals surface area contributed by atoms with E-state index in [4.69, 9.17) is 0 Å². The smallest absolute Gasteiger partial charge is 0.127 e. The van der Waals surface area contributed by atoms with Crippen molar-refractivity contribution >= 4 is 34.8 Å². The number of hydrogen-bond acceptors (Lipinski definition) is 0. The molecule has 0 atom stereocenters. The minimum atomic E-state index is -1.31. The Balaban J connectivity index is 2.54. The fraction of sp³-hybridized carbons (Fsp3) is 0.200. The van der Waals surface area contributed by atoms with Crippen LogP contribution in [0.5, 0.6) is 0 Å². The first-order valence-electron chi connectivity index (χ1n) is 5.67. The van der Waals surface area contributed by atoms with Crippen LogP contribution in [0.1, 0.15) is 5.56 Å². The summed E-state index contributed by atoms with van der Waals surface area (Å²) in [6.45, 7) is 6.78. The first-order chi connectivity index (χ1) is 7.96. The van der Waals surface area contributed by atoms with Gasteiger partial charge in [-0.2, -0.15) is 0 Å². The fourth-order valence-corrected chi connectivity index (χ4v) is 2.53. The number of fused-ring (bicyclic) bond motifs is 1. The third-order valence-corrected chi connectivity index (χ3v) is 3.94. The molecule has 0 radical (unpaired) electrons. The van der Waals surface area contributed by atoms with Gasteiger partial charge in [-0.25, -0.2) is 0 Å². The quantitative estimate of drug-likeness (QED) is 0.483. The topological polar surface area (TPSA) is 0 Å². The number of benzene rings is 2. The summed E-state index contributed by atoms with van der Waals surface area (Å²) in [6, 6.07) is 12.7. The second kappa shape index (κ2) is 4.68. The van der Waals surface area contributed by atoms with E-state index in [1.807, 2.05) is 0 Å². The second-order valence-corrected chi connectivity index (χ2v) is 10.8. The summed E-state index contributed by atoms with van der Waals surface area (Å²) in [4.78, 5) is 0. The van der Waals surface area contributed by atoms with E-state index >= 15 is 0 Å². The molecule has 2 heteroatoms. The standard InChI is InChI=1S/C15H15BrSi/c1-17(2,3)9-8-14-10-12-6-4-5-7-13(12)11-15(14)16/h4-7,10-11H,1-3H3. The van der Waals surface area contributed by atoms with Gasteiger partial charge in [0.2, 0.25) is 0 Å². The number of rotatable bonds is 0. The molecule has 0 bridgehead atoms. The molecule has 2 rings (SSSR count). The third-order valence-electron chi connectivity index (χ3n) is 2.41. The fourth-order valence-electron chi connectivity index (χ4n) is 1.56. The molecule has 0 saturated carbocycles. The highest BCUT2D eigenvalue weighted by molar-refractivity contribution is 9.10. The van der Waals surface area contributed by atoms with Crippen LogP contribution >= 0.6 is 15.9 Å². The summed E-state index contributed by atoms with van der Waals surface area (Å²) in [5.41, 5.74) is 4.49. The average Bonchev–Trinajstić information content (AvgIpc) is 2.25. The van der Waals surface area contributed by atoms with E-state index in [1.54, 1.807) is 0 Å². The van der Waals surface area contributed by atoms with Gasteiger partial charge in [-0.1, -0.05) is 49.8 Å². The van der Waals surface area contributed by atoms with Crippen molar-refractivity contribution in [2.24, 2.45) is 0 Å². The lowest BCUT2D eigenvalue weighted by atomic mass is 10.1. The molecule has 0 heterocycles. The molecule has 2 aromatic rings. The highest BCUT2D eigenvalue weighted by Crippen LogP contribution is 2.23. The summed E-state index contributed by atoms with van der Waals surface area (Å²) in [6.07, 6.45) is 0. The zero-order valence-corrected chi connectivity index (χ0v) is 12.9. The normalized spacial score (nSPS) is 11.1. The Morgan fingerprint density at radius 3 is 2.18 bits per heavy atom. The van der Waals surface area contributed by atoms with Crippen molar-refractivity contribution in [3.05, 3.63) is 46.4 Å². The van der Waals surface area contributed by atoms with Gasteiger partial charge in [0.1, 0.15) is 8.07 Å². The van der Waals surface area contributed by atoms with E-state index < -0.39 is 8.07 Å². The Hall–Kier alpha value is -1.04. The van der Waals surface area contributed by atoms with Crippen LogP contribution in [0.4, 0.5) is 0 Å². The predicted octanol–water partition coefficient (Wildman–Crippen LogP) is 4.83. The maximum atomic E-state index is 3.60. The molecule has 0 unspecified atom stereocenters. The van der Waals surface area contributed by atoms with Crippen LogP contribution in [-0.2, 0) is 0 Å². The molecular weight excluding hydrogens is 288 g/mol. The Morgan fingerprint density at radius 1 is 1.00 bits per heavy atom. The van der Waals surface area contributed by atoms with E-state index in [-0.39, 0.29) is 0 Å². The van der Waals surface area contributed by atoms with E-state index in [1.165, 1.54) is 10.8 Å². The third kappa shape index (κ3) is 3.21. The van der Waals surface area contributed by atoms with Gasteiger partial charge >= 0.3 is 0 Å². The predicted molar refractivity (Wildman–Crippen MR) is 81.9 cm³/mol. The van der Waals surface area contributed by atoms with Gasteiger partial charge in [0, 0.05) is 10.0 Å². The van der Waals surface area contributed by atoms with Gasteiger partial charge in [0.15, 0.2) is 0 Å². The zero-order valence-electron chi connectivity index (χ0n) is 10.3. The highest BCUT2D eigenvalue weighted by Gasteiger charge is 2.08. The monoisotopic (exact) mass is 302 g/mol. The molecule has 0 aliphatic rings. The van der Waals surface area contributed by atoms with Crippen LogP contribution in [0.15, 0.2) is 40.9 Å². The minimum Gasteiger partial charge on any atom is -0.127 e. The van der Waals surface area contributed by atoms with E-state index in [9.17, 15) is 0 Å². The second-order valence-electron chi connectivity index (χ2n) is 5.18. The molecule has 0 saturated heterocycles. The van der Waals surface area contributed by atoms with Gasteiger partial charge in [0.05, 0.1) is 0 Å². The van der Waals surface area contributed by atoms with Crippen molar-refractivity contribution in [3.8, 4) is 11.5 Å². The van der Waals surface area contributed by atoms with Crippen LogP contribution in [-0.4, -0.2) is 8.07 Å². The molecule has 0 aromatic heterocycles. The van der Waals surface area contributed by atoms with Crippen molar-refractivity contribution < 1.29 is 0 Å². The van der Waals surface area contributed by atoms with Crippen LogP contribution < -0.4 is 0 Å². The van der Waals surface area contributed by atoms with Gasteiger partial charge < -0.3 is 0 Å². The lowest BCUT2D eigenvalue weighted by molar-refractivity contribution is 1.64. The summed E-state index contributed by atoms with van der Waals surface area (Å²) in [5, 5.41) is 2.49. The molecule has 2 aromatic carbocycles. The SMILES string of the molecule is C[Si](C)(C)C#Cc1cc2ccccc2cc1Br. The van der Waals surface area contributed by atoms with Crippen LogP contribution in [0.25, 0.3) is 10.8 Å². The largest absolute Gasteiger partial charge is 0.129 e. The highest BCUT2D eigenvalue weighted by atomic mass is 79.9. The summed E-state index contributed by atoms with van der Waals surface area (Å²) in [5.74, 6) is 3.31. The van der Waals surface area contributed by atoms with Crippen LogP contribution in [0.3, 0.4) is 0 Å². The molecule has 0 N–H and O–H groups in total.